The van der Waals surface area contributed by atoms with E-state index in [1.807, 2.05) is 0 Å². The van der Waals surface area contributed by atoms with E-state index in [4.69, 9.17) is 9.47 Å². The van der Waals surface area contributed by atoms with Crippen LogP contribution in [0.3, 0.4) is 0 Å². The average Bonchev–Trinajstić information content (AvgIpc) is 3.24. The Morgan fingerprint density at radius 3 is 3.15 bits per heavy atom. The molecule has 2 aliphatic rings. The number of hydrogen-bond acceptors (Lipinski definition) is 7. The summed E-state index contributed by atoms with van der Waals surface area (Å²) in [6.07, 6.45) is 2.69. The lowest BCUT2D eigenvalue weighted by Gasteiger charge is -2.36. The molecule has 0 unspecified atom stereocenters. The van der Waals surface area contributed by atoms with Crippen LogP contribution in [0, 0.1) is 5.92 Å². The number of fused-ring (bicyclic) bond motifs is 2. The third-order valence-corrected chi connectivity index (χ3v) is 5.04. The van der Waals surface area contributed by atoms with Crippen LogP contribution in [0.2, 0.25) is 0 Å². The highest BCUT2D eigenvalue weighted by atomic mass is 16.5. The van der Waals surface area contributed by atoms with Crippen LogP contribution in [0.25, 0.3) is 5.65 Å². The Bertz CT molecular complexity index is 779. The molecule has 0 bridgehead atoms. The van der Waals surface area contributed by atoms with Gasteiger partial charge in [-0.25, -0.2) is 0 Å². The predicted molar refractivity (Wildman–Crippen MR) is 92.8 cm³/mol. The molecule has 0 spiro atoms. The molecule has 4 heterocycles. The van der Waals surface area contributed by atoms with Crippen molar-refractivity contribution in [1.82, 2.24) is 30.0 Å². The molecule has 0 saturated carbocycles. The molecule has 9 nitrogen and oxygen atoms in total. The van der Waals surface area contributed by atoms with Crippen LogP contribution in [-0.4, -0.2) is 75.1 Å². The second kappa shape index (κ2) is 7.16. The van der Waals surface area contributed by atoms with Gasteiger partial charge in [0.25, 0.3) is 5.91 Å². The lowest BCUT2D eigenvalue weighted by atomic mass is 10.0. The summed E-state index contributed by atoms with van der Waals surface area (Å²) >= 11 is 0. The molecule has 0 aliphatic carbocycles. The summed E-state index contributed by atoms with van der Waals surface area (Å²) < 4.78 is 12.9. The second-order valence-corrected chi connectivity index (χ2v) is 7.32. The van der Waals surface area contributed by atoms with E-state index in [0.717, 1.165) is 26.1 Å². The zero-order chi connectivity index (χ0) is 18.1. The van der Waals surface area contributed by atoms with E-state index in [9.17, 15) is 4.79 Å². The van der Waals surface area contributed by atoms with Crippen molar-refractivity contribution in [1.29, 1.82) is 0 Å². The van der Waals surface area contributed by atoms with E-state index in [0.29, 0.717) is 23.5 Å². The number of nitrogens with zero attached hydrogens (tertiary/aromatic N) is 5. The number of nitrogens with one attached hydrogen (secondary N) is 1. The molecule has 2 aliphatic heterocycles. The highest BCUT2D eigenvalue weighted by Gasteiger charge is 2.38. The minimum atomic E-state index is -0.137. The predicted octanol–water partition coefficient (Wildman–Crippen LogP) is 0.117. The van der Waals surface area contributed by atoms with E-state index in [2.05, 4.69) is 39.4 Å². The standard InChI is InChI=1S/C17H24N6O3/c1-11(2)14-7-22-6-12(5-13(22)8-25-14)19-16(24)9-26-17-4-3-15-20-18-10-23(15)21-17/h3-4,10-14H,5-9H2,1-2H3,(H,19,24)/t12-,13+,14-/m1/s1. The van der Waals surface area contributed by atoms with Crippen molar-refractivity contribution in [2.45, 2.75) is 38.5 Å². The van der Waals surface area contributed by atoms with Crippen LogP contribution in [-0.2, 0) is 9.53 Å². The summed E-state index contributed by atoms with van der Waals surface area (Å²) in [5.74, 6) is 0.736. The van der Waals surface area contributed by atoms with Gasteiger partial charge in [0.2, 0.25) is 5.88 Å². The van der Waals surface area contributed by atoms with Crippen molar-refractivity contribution in [3.8, 4) is 5.88 Å². The van der Waals surface area contributed by atoms with Crippen LogP contribution in [0.4, 0.5) is 0 Å². The van der Waals surface area contributed by atoms with Crippen molar-refractivity contribution in [2.24, 2.45) is 5.92 Å². The largest absolute Gasteiger partial charge is 0.467 e. The lowest BCUT2D eigenvalue weighted by molar-refractivity contribution is -0.123. The van der Waals surface area contributed by atoms with Gasteiger partial charge in [-0.05, 0) is 18.4 Å². The molecule has 2 saturated heterocycles. The maximum Gasteiger partial charge on any atom is 0.258 e. The Morgan fingerprint density at radius 2 is 2.31 bits per heavy atom. The first-order valence-corrected chi connectivity index (χ1v) is 9.03. The monoisotopic (exact) mass is 360 g/mol. The number of morpholine rings is 1. The topological polar surface area (TPSA) is 93.9 Å². The molecule has 0 radical (unpaired) electrons. The van der Waals surface area contributed by atoms with Crippen LogP contribution in [0.15, 0.2) is 18.5 Å². The number of amides is 1. The van der Waals surface area contributed by atoms with Gasteiger partial charge in [-0.15, -0.1) is 15.3 Å². The summed E-state index contributed by atoms with van der Waals surface area (Å²) in [5, 5.41) is 14.9. The smallest absolute Gasteiger partial charge is 0.258 e. The minimum Gasteiger partial charge on any atom is -0.467 e. The number of aromatic nitrogens is 4. The van der Waals surface area contributed by atoms with Gasteiger partial charge in [0.05, 0.1) is 12.7 Å². The highest BCUT2D eigenvalue weighted by Crippen LogP contribution is 2.25. The third-order valence-electron chi connectivity index (χ3n) is 5.04. The van der Waals surface area contributed by atoms with E-state index >= 15 is 0 Å². The fourth-order valence-corrected chi connectivity index (χ4v) is 3.60. The van der Waals surface area contributed by atoms with Crippen molar-refractivity contribution in [3.63, 3.8) is 0 Å². The van der Waals surface area contributed by atoms with Gasteiger partial charge in [-0.2, -0.15) is 4.52 Å². The van der Waals surface area contributed by atoms with Crippen molar-refractivity contribution in [3.05, 3.63) is 18.5 Å². The first kappa shape index (κ1) is 17.2. The van der Waals surface area contributed by atoms with Gasteiger partial charge < -0.3 is 14.8 Å². The Hall–Kier alpha value is -2.26. The molecule has 9 heteroatoms. The Morgan fingerprint density at radius 1 is 1.42 bits per heavy atom. The lowest BCUT2D eigenvalue weighted by Crippen LogP contribution is -2.48. The second-order valence-electron chi connectivity index (χ2n) is 7.32. The maximum absolute atomic E-state index is 12.2. The van der Waals surface area contributed by atoms with E-state index in [-0.39, 0.29) is 24.7 Å². The molecule has 140 valence electrons. The van der Waals surface area contributed by atoms with E-state index < -0.39 is 0 Å². The third kappa shape index (κ3) is 3.63. The molecule has 26 heavy (non-hydrogen) atoms. The minimum absolute atomic E-state index is 0.0626. The molecule has 1 amide bonds. The van der Waals surface area contributed by atoms with Gasteiger partial charge in [-0.1, -0.05) is 13.8 Å². The van der Waals surface area contributed by atoms with Crippen molar-refractivity contribution >= 4 is 11.6 Å². The first-order chi connectivity index (χ1) is 12.6. The van der Waals surface area contributed by atoms with Gasteiger partial charge in [0.15, 0.2) is 12.3 Å². The van der Waals surface area contributed by atoms with Gasteiger partial charge in [-0.3, -0.25) is 9.69 Å². The van der Waals surface area contributed by atoms with Crippen LogP contribution in [0.1, 0.15) is 20.3 Å². The van der Waals surface area contributed by atoms with Gasteiger partial charge in [0, 0.05) is 31.2 Å². The van der Waals surface area contributed by atoms with E-state index in [1.165, 1.54) is 10.8 Å². The molecule has 4 rings (SSSR count). The molecule has 2 aromatic rings. The highest BCUT2D eigenvalue weighted by molar-refractivity contribution is 5.77. The van der Waals surface area contributed by atoms with Gasteiger partial charge >= 0.3 is 0 Å². The van der Waals surface area contributed by atoms with Crippen LogP contribution >= 0.6 is 0 Å². The summed E-state index contributed by atoms with van der Waals surface area (Å²) in [4.78, 5) is 14.7. The van der Waals surface area contributed by atoms with Crippen molar-refractivity contribution < 1.29 is 14.3 Å². The summed E-state index contributed by atoms with van der Waals surface area (Å²) in [6, 6.07) is 3.96. The molecule has 2 aromatic heterocycles. The fraction of sp³-hybridized carbons (Fsp3) is 0.647. The Kier molecular flexibility index (Phi) is 4.73. The zero-order valence-corrected chi connectivity index (χ0v) is 15.0. The first-order valence-electron chi connectivity index (χ1n) is 9.03. The summed E-state index contributed by atoms with van der Waals surface area (Å²) in [7, 11) is 0. The molecule has 3 atom stereocenters. The number of hydrogen-bond donors (Lipinski definition) is 1. The van der Waals surface area contributed by atoms with Crippen LogP contribution in [0.5, 0.6) is 5.88 Å². The number of carbonyl (C=O) groups excluding carboxylic acids is 1. The Balaban J connectivity index is 1.26. The number of ether oxygens (including phenoxy) is 2. The van der Waals surface area contributed by atoms with E-state index in [1.54, 1.807) is 12.1 Å². The molecular weight excluding hydrogens is 336 g/mol. The van der Waals surface area contributed by atoms with Crippen LogP contribution < -0.4 is 10.1 Å². The molecule has 0 aromatic carbocycles. The molecular formula is C17H24N6O3. The zero-order valence-electron chi connectivity index (χ0n) is 15.0. The van der Waals surface area contributed by atoms with Crippen molar-refractivity contribution in [2.75, 3.05) is 26.3 Å². The average molecular weight is 360 g/mol. The fourth-order valence-electron chi connectivity index (χ4n) is 3.60. The number of carbonyl (C=O) groups is 1. The number of rotatable bonds is 5. The Labute approximate surface area is 151 Å². The SMILES string of the molecule is CC(C)[C@H]1CN2C[C@H](NC(=O)COc3ccc4nncn4n3)C[C@H]2CO1. The normalized spacial score (nSPS) is 26.2. The maximum atomic E-state index is 12.2. The quantitative estimate of drug-likeness (QED) is 0.809. The molecule has 1 N–H and O–H groups in total. The molecule has 2 fully saturated rings. The summed E-state index contributed by atoms with van der Waals surface area (Å²) in [5.41, 5.74) is 0.631. The van der Waals surface area contributed by atoms with Gasteiger partial charge in [0.1, 0.15) is 6.33 Å². The summed E-state index contributed by atoms with van der Waals surface area (Å²) in [6.45, 7) is 6.86.